The standard InChI is InChI=1S/C9H16N2O/c1-8(7-12-2)11-6-9-3-4-10-5-9/h3-5,8,10-11H,6-7H2,1-2H3. The summed E-state index contributed by atoms with van der Waals surface area (Å²) in [5.74, 6) is 0. The van der Waals surface area contributed by atoms with E-state index >= 15 is 0 Å². The molecule has 1 aromatic heterocycles. The molecule has 0 radical (unpaired) electrons. The molecule has 3 nitrogen and oxygen atoms in total. The Morgan fingerprint density at radius 1 is 1.67 bits per heavy atom. The van der Waals surface area contributed by atoms with Crippen LogP contribution in [-0.4, -0.2) is 24.7 Å². The van der Waals surface area contributed by atoms with Crippen molar-refractivity contribution in [2.75, 3.05) is 13.7 Å². The zero-order chi connectivity index (χ0) is 8.81. The van der Waals surface area contributed by atoms with Crippen LogP contribution < -0.4 is 5.32 Å². The van der Waals surface area contributed by atoms with Gasteiger partial charge in [0.25, 0.3) is 0 Å². The highest BCUT2D eigenvalue weighted by atomic mass is 16.5. The molecule has 2 N–H and O–H groups in total. The molecular formula is C9H16N2O. The molecule has 0 aromatic carbocycles. The number of ether oxygens (including phenoxy) is 1. The third-order valence-electron chi connectivity index (χ3n) is 1.73. The Balaban J connectivity index is 2.17. The summed E-state index contributed by atoms with van der Waals surface area (Å²) in [6.07, 6.45) is 3.92. The second-order valence-electron chi connectivity index (χ2n) is 2.96. The van der Waals surface area contributed by atoms with Crippen LogP contribution in [-0.2, 0) is 11.3 Å². The highest BCUT2D eigenvalue weighted by Gasteiger charge is 1.99. The topological polar surface area (TPSA) is 37.0 Å². The Morgan fingerprint density at radius 2 is 2.50 bits per heavy atom. The highest BCUT2D eigenvalue weighted by molar-refractivity contribution is 5.07. The molecule has 12 heavy (non-hydrogen) atoms. The van der Waals surface area contributed by atoms with Crippen molar-refractivity contribution in [3.05, 3.63) is 24.0 Å². The van der Waals surface area contributed by atoms with Crippen molar-refractivity contribution >= 4 is 0 Å². The van der Waals surface area contributed by atoms with Gasteiger partial charge in [-0.1, -0.05) is 0 Å². The number of aromatic nitrogens is 1. The van der Waals surface area contributed by atoms with Gasteiger partial charge in [0.2, 0.25) is 0 Å². The molecule has 3 heteroatoms. The Hall–Kier alpha value is -0.800. The molecule has 1 rings (SSSR count). The molecule has 1 aromatic rings. The summed E-state index contributed by atoms with van der Waals surface area (Å²) in [5.41, 5.74) is 1.28. The Kier molecular flexibility index (Phi) is 3.84. The van der Waals surface area contributed by atoms with Crippen LogP contribution in [0.3, 0.4) is 0 Å². The van der Waals surface area contributed by atoms with E-state index in [4.69, 9.17) is 4.74 Å². The van der Waals surface area contributed by atoms with Crippen LogP contribution in [0, 0.1) is 0 Å². The minimum Gasteiger partial charge on any atom is -0.383 e. The fraction of sp³-hybridized carbons (Fsp3) is 0.556. The van der Waals surface area contributed by atoms with Crippen LogP contribution in [0.15, 0.2) is 18.5 Å². The van der Waals surface area contributed by atoms with Crippen molar-refractivity contribution in [2.24, 2.45) is 0 Å². The van der Waals surface area contributed by atoms with Gasteiger partial charge < -0.3 is 15.0 Å². The van der Waals surface area contributed by atoms with Gasteiger partial charge in [0, 0.05) is 32.1 Å². The molecule has 1 heterocycles. The first-order valence-corrected chi connectivity index (χ1v) is 4.17. The first kappa shape index (κ1) is 9.29. The zero-order valence-electron chi connectivity index (χ0n) is 7.63. The molecule has 1 atom stereocenters. The summed E-state index contributed by atoms with van der Waals surface area (Å²) < 4.78 is 5.00. The molecule has 0 amide bonds. The summed E-state index contributed by atoms with van der Waals surface area (Å²) in [7, 11) is 1.72. The predicted molar refractivity (Wildman–Crippen MR) is 49.0 cm³/mol. The summed E-state index contributed by atoms with van der Waals surface area (Å²) in [5, 5.41) is 3.34. The maximum Gasteiger partial charge on any atom is 0.0613 e. The van der Waals surface area contributed by atoms with Gasteiger partial charge in [-0.2, -0.15) is 0 Å². The van der Waals surface area contributed by atoms with Gasteiger partial charge in [-0.15, -0.1) is 0 Å². The van der Waals surface area contributed by atoms with Gasteiger partial charge in [-0.25, -0.2) is 0 Å². The van der Waals surface area contributed by atoms with Crippen molar-refractivity contribution < 1.29 is 4.74 Å². The molecule has 0 aliphatic rings. The maximum absolute atomic E-state index is 5.00. The van der Waals surface area contributed by atoms with E-state index in [0.29, 0.717) is 6.04 Å². The van der Waals surface area contributed by atoms with Gasteiger partial charge >= 0.3 is 0 Å². The quantitative estimate of drug-likeness (QED) is 0.691. The SMILES string of the molecule is COCC(C)NCc1cc[nH]c1. The summed E-state index contributed by atoms with van der Waals surface area (Å²) in [6.45, 7) is 3.76. The average Bonchev–Trinajstić information content (AvgIpc) is 2.53. The smallest absolute Gasteiger partial charge is 0.0613 e. The second kappa shape index (κ2) is 4.95. The number of methoxy groups -OCH3 is 1. The van der Waals surface area contributed by atoms with E-state index < -0.39 is 0 Å². The Labute approximate surface area is 73.1 Å². The minimum atomic E-state index is 0.407. The van der Waals surface area contributed by atoms with Crippen molar-refractivity contribution in [1.29, 1.82) is 0 Å². The largest absolute Gasteiger partial charge is 0.383 e. The molecule has 0 saturated carbocycles. The zero-order valence-corrected chi connectivity index (χ0v) is 7.63. The molecule has 0 aliphatic heterocycles. The Morgan fingerprint density at radius 3 is 3.08 bits per heavy atom. The molecule has 68 valence electrons. The van der Waals surface area contributed by atoms with Crippen molar-refractivity contribution in [2.45, 2.75) is 19.5 Å². The lowest BCUT2D eigenvalue weighted by molar-refractivity contribution is 0.171. The van der Waals surface area contributed by atoms with E-state index in [1.54, 1.807) is 7.11 Å². The summed E-state index contributed by atoms with van der Waals surface area (Å²) in [4.78, 5) is 3.01. The van der Waals surface area contributed by atoms with Crippen LogP contribution in [0.2, 0.25) is 0 Å². The van der Waals surface area contributed by atoms with Crippen LogP contribution in [0.25, 0.3) is 0 Å². The van der Waals surface area contributed by atoms with Gasteiger partial charge in [0.05, 0.1) is 6.61 Å². The van der Waals surface area contributed by atoms with Gasteiger partial charge in [-0.05, 0) is 18.6 Å². The average molecular weight is 168 g/mol. The van der Waals surface area contributed by atoms with Crippen molar-refractivity contribution in [1.82, 2.24) is 10.3 Å². The predicted octanol–water partition coefficient (Wildman–Crippen LogP) is 1.14. The van der Waals surface area contributed by atoms with Gasteiger partial charge in [0.1, 0.15) is 0 Å². The summed E-state index contributed by atoms with van der Waals surface area (Å²) >= 11 is 0. The number of aromatic amines is 1. The number of H-pyrrole nitrogens is 1. The van der Waals surface area contributed by atoms with Gasteiger partial charge in [-0.3, -0.25) is 0 Å². The lowest BCUT2D eigenvalue weighted by atomic mass is 10.3. The fourth-order valence-corrected chi connectivity index (χ4v) is 1.07. The van der Waals surface area contributed by atoms with Crippen LogP contribution in [0.1, 0.15) is 12.5 Å². The van der Waals surface area contributed by atoms with Crippen molar-refractivity contribution in [3.63, 3.8) is 0 Å². The van der Waals surface area contributed by atoms with E-state index in [-0.39, 0.29) is 0 Å². The molecule has 0 aliphatic carbocycles. The van der Waals surface area contributed by atoms with Gasteiger partial charge in [0.15, 0.2) is 0 Å². The Bertz CT molecular complexity index is 196. The van der Waals surface area contributed by atoms with Crippen LogP contribution in [0.4, 0.5) is 0 Å². The molecule has 0 fully saturated rings. The number of rotatable bonds is 5. The number of hydrogen-bond acceptors (Lipinski definition) is 2. The van der Waals surface area contributed by atoms with E-state index in [1.807, 2.05) is 12.4 Å². The molecule has 0 saturated heterocycles. The lowest BCUT2D eigenvalue weighted by Gasteiger charge is -2.11. The van der Waals surface area contributed by atoms with E-state index in [9.17, 15) is 0 Å². The fourth-order valence-electron chi connectivity index (χ4n) is 1.07. The molecule has 0 spiro atoms. The molecular weight excluding hydrogens is 152 g/mol. The normalized spacial score (nSPS) is 13.2. The third-order valence-corrected chi connectivity index (χ3v) is 1.73. The lowest BCUT2D eigenvalue weighted by Crippen LogP contribution is -2.29. The number of hydrogen-bond donors (Lipinski definition) is 2. The third kappa shape index (κ3) is 3.07. The summed E-state index contributed by atoms with van der Waals surface area (Å²) in [6, 6.07) is 2.47. The van der Waals surface area contributed by atoms with Crippen LogP contribution in [0.5, 0.6) is 0 Å². The van der Waals surface area contributed by atoms with E-state index in [2.05, 4.69) is 23.3 Å². The molecule has 1 unspecified atom stereocenters. The first-order chi connectivity index (χ1) is 5.83. The maximum atomic E-state index is 5.00. The van der Waals surface area contributed by atoms with Crippen LogP contribution >= 0.6 is 0 Å². The molecule has 0 bridgehead atoms. The first-order valence-electron chi connectivity index (χ1n) is 4.17. The monoisotopic (exact) mass is 168 g/mol. The van der Waals surface area contributed by atoms with E-state index in [1.165, 1.54) is 5.56 Å². The van der Waals surface area contributed by atoms with E-state index in [0.717, 1.165) is 13.2 Å². The highest BCUT2D eigenvalue weighted by Crippen LogP contribution is 1.96. The number of nitrogens with one attached hydrogen (secondary N) is 2. The second-order valence-corrected chi connectivity index (χ2v) is 2.96. The minimum absolute atomic E-state index is 0.407. The van der Waals surface area contributed by atoms with Crippen molar-refractivity contribution in [3.8, 4) is 0 Å².